The van der Waals surface area contributed by atoms with Crippen molar-refractivity contribution >= 4 is 5.96 Å². The quantitative estimate of drug-likeness (QED) is 0.389. The molecule has 0 radical (unpaired) electrons. The van der Waals surface area contributed by atoms with Crippen LogP contribution >= 0.6 is 0 Å². The van der Waals surface area contributed by atoms with Gasteiger partial charge in [-0.3, -0.25) is 14.8 Å². The number of ether oxygens (including phenoxy) is 1. The van der Waals surface area contributed by atoms with Gasteiger partial charge >= 0.3 is 0 Å². The maximum absolute atomic E-state index is 6.09. The zero-order valence-electron chi connectivity index (χ0n) is 16.5. The molecule has 0 amide bonds. The fourth-order valence-electron chi connectivity index (χ4n) is 4.65. The molecule has 0 aromatic rings. The molecule has 6 heteroatoms. The molecule has 2 aliphatic heterocycles. The standard InChI is InChI=1S/C20H39N5O/c21-20(22-9-5-10-24-12-14-26-15-13-24)23-16-19-8-4-11-25(19)17-18-6-2-1-3-7-18/h18-19H,1-17H2,(H3,21,22,23). The number of hydrogen-bond acceptors (Lipinski definition) is 4. The molecular formula is C20H39N5O. The number of hydrogen-bond donors (Lipinski definition) is 2. The number of nitrogens with two attached hydrogens (primary N) is 1. The minimum atomic E-state index is 0.602. The van der Waals surface area contributed by atoms with E-state index in [0.29, 0.717) is 12.0 Å². The van der Waals surface area contributed by atoms with Gasteiger partial charge in [-0.25, -0.2) is 0 Å². The average molecular weight is 366 g/mol. The molecule has 1 aliphatic carbocycles. The summed E-state index contributed by atoms with van der Waals surface area (Å²) in [6.45, 7) is 9.27. The highest BCUT2D eigenvalue weighted by atomic mass is 16.5. The van der Waals surface area contributed by atoms with E-state index in [9.17, 15) is 0 Å². The van der Waals surface area contributed by atoms with Crippen molar-refractivity contribution in [3.8, 4) is 0 Å². The maximum atomic E-state index is 6.09. The summed E-state index contributed by atoms with van der Waals surface area (Å²) in [4.78, 5) is 9.79. The first kappa shape index (κ1) is 19.9. The molecule has 2 heterocycles. The summed E-state index contributed by atoms with van der Waals surface area (Å²) in [6, 6.07) is 0.602. The lowest BCUT2D eigenvalue weighted by Gasteiger charge is -2.30. The molecule has 3 aliphatic rings. The summed E-state index contributed by atoms with van der Waals surface area (Å²) in [6.07, 6.45) is 10.9. The zero-order chi connectivity index (χ0) is 18.0. The number of nitrogens with zero attached hydrogens (tertiary/aromatic N) is 3. The van der Waals surface area contributed by atoms with Gasteiger partial charge in [0.1, 0.15) is 0 Å². The molecule has 1 unspecified atom stereocenters. The summed E-state index contributed by atoms with van der Waals surface area (Å²) in [5.74, 6) is 1.54. The molecule has 3 N–H and O–H groups in total. The Balaban J connectivity index is 1.30. The molecule has 0 aromatic carbocycles. The van der Waals surface area contributed by atoms with Crippen LogP contribution in [0.5, 0.6) is 0 Å². The van der Waals surface area contributed by atoms with Crippen LogP contribution in [0.1, 0.15) is 51.4 Å². The summed E-state index contributed by atoms with van der Waals surface area (Å²) < 4.78 is 5.38. The van der Waals surface area contributed by atoms with Crippen LogP contribution in [0.15, 0.2) is 4.99 Å². The van der Waals surface area contributed by atoms with Crippen molar-refractivity contribution in [2.24, 2.45) is 16.6 Å². The van der Waals surface area contributed by atoms with Gasteiger partial charge in [-0.1, -0.05) is 19.3 Å². The molecule has 150 valence electrons. The summed E-state index contributed by atoms with van der Waals surface area (Å²) in [5, 5.41) is 3.29. The molecular weight excluding hydrogens is 326 g/mol. The molecule has 6 nitrogen and oxygen atoms in total. The fraction of sp³-hybridized carbons (Fsp3) is 0.950. The molecule has 26 heavy (non-hydrogen) atoms. The molecule has 0 aromatic heterocycles. The summed E-state index contributed by atoms with van der Waals surface area (Å²) in [5.41, 5.74) is 6.09. The van der Waals surface area contributed by atoms with Crippen molar-refractivity contribution in [2.75, 3.05) is 59.0 Å². The van der Waals surface area contributed by atoms with Gasteiger partial charge in [0.05, 0.1) is 19.8 Å². The molecule has 3 fully saturated rings. The van der Waals surface area contributed by atoms with Crippen molar-refractivity contribution < 1.29 is 4.74 Å². The SMILES string of the molecule is NC(=NCC1CCCN1CC1CCCCC1)NCCCN1CCOCC1. The smallest absolute Gasteiger partial charge is 0.188 e. The van der Waals surface area contributed by atoms with Crippen LogP contribution in [-0.4, -0.2) is 80.8 Å². The number of guanidine groups is 1. The van der Waals surface area contributed by atoms with E-state index in [0.717, 1.165) is 58.3 Å². The van der Waals surface area contributed by atoms with Crippen LogP contribution < -0.4 is 11.1 Å². The van der Waals surface area contributed by atoms with Crippen molar-refractivity contribution in [3.63, 3.8) is 0 Å². The number of morpholine rings is 1. The van der Waals surface area contributed by atoms with Crippen LogP contribution in [0.25, 0.3) is 0 Å². The van der Waals surface area contributed by atoms with E-state index < -0.39 is 0 Å². The van der Waals surface area contributed by atoms with Crippen molar-refractivity contribution in [3.05, 3.63) is 0 Å². The van der Waals surface area contributed by atoms with Crippen molar-refractivity contribution in [1.29, 1.82) is 0 Å². The Labute approximate surface area is 159 Å². The lowest BCUT2D eigenvalue weighted by molar-refractivity contribution is 0.0376. The molecule has 1 saturated carbocycles. The van der Waals surface area contributed by atoms with Gasteiger partial charge in [-0.2, -0.15) is 0 Å². The second-order valence-electron chi connectivity index (χ2n) is 8.26. The van der Waals surface area contributed by atoms with Gasteiger partial charge in [0.15, 0.2) is 5.96 Å². The monoisotopic (exact) mass is 365 g/mol. The Morgan fingerprint density at radius 2 is 1.85 bits per heavy atom. The number of aliphatic imine (C=N–C) groups is 1. The molecule has 3 rings (SSSR count). The minimum Gasteiger partial charge on any atom is -0.379 e. The van der Waals surface area contributed by atoms with Crippen LogP contribution in [0.2, 0.25) is 0 Å². The normalized spacial score (nSPS) is 27.1. The van der Waals surface area contributed by atoms with Gasteiger partial charge in [0.25, 0.3) is 0 Å². The number of rotatable bonds is 8. The number of likely N-dealkylation sites (tertiary alicyclic amines) is 1. The Morgan fingerprint density at radius 1 is 1.04 bits per heavy atom. The second kappa shape index (κ2) is 11.1. The van der Waals surface area contributed by atoms with Crippen LogP contribution in [0, 0.1) is 5.92 Å². The fourth-order valence-corrected chi connectivity index (χ4v) is 4.65. The van der Waals surface area contributed by atoms with E-state index in [-0.39, 0.29) is 0 Å². The Morgan fingerprint density at radius 3 is 2.65 bits per heavy atom. The van der Waals surface area contributed by atoms with Crippen molar-refractivity contribution in [1.82, 2.24) is 15.1 Å². The largest absolute Gasteiger partial charge is 0.379 e. The molecule has 0 spiro atoms. The van der Waals surface area contributed by atoms with Gasteiger partial charge < -0.3 is 15.8 Å². The van der Waals surface area contributed by atoms with E-state index in [1.165, 1.54) is 58.0 Å². The third-order valence-electron chi connectivity index (χ3n) is 6.25. The molecule has 1 atom stereocenters. The third kappa shape index (κ3) is 6.71. The van der Waals surface area contributed by atoms with E-state index in [1.54, 1.807) is 0 Å². The van der Waals surface area contributed by atoms with Gasteiger partial charge in [-0.05, 0) is 51.1 Å². The Hall–Kier alpha value is -0.850. The molecule has 0 bridgehead atoms. The molecule has 2 saturated heterocycles. The third-order valence-corrected chi connectivity index (χ3v) is 6.25. The highest BCUT2D eigenvalue weighted by molar-refractivity contribution is 5.77. The second-order valence-corrected chi connectivity index (χ2v) is 8.26. The lowest BCUT2D eigenvalue weighted by atomic mass is 9.89. The number of nitrogens with one attached hydrogen (secondary N) is 1. The minimum absolute atomic E-state index is 0.602. The first-order chi connectivity index (χ1) is 12.8. The first-order valence-corrected chi connectivity index (χ1v) is 10.9. The first-order valence-electron chi connectivity index (χ1n) is 10.9. The van der Waals surface area contributed by atoms with E-state index in [2.05, 4.69) is 20.1 Å². The topological polar surface area (TPSA) is 66.1 Å². The lowest BCUT2D eigenvalue weighted by Crippen LogP contribution is -2.40. The summed E-state index contributed by atoms with van der Waals surface area (Å²) >= 11 is 0. The van der Waals surface area contributed by atoms with Crippen LogP contribution in [0.4, 0.5) is 0 Å². The highest BCUT2D eigenvalue weighted by Gasteiger charge is 2.27. The predicted octanol–water partition coefficient (Wildman–Crippen LogP) is 1.66. The maximum Gasteiger partial charge on any atom is 0.188 e. The zero-order valence-corrected chi connectivity index (χ0v) is 16.5. The van der Waals surface area contributed by atoms with E-state index in [4.69, 9.17) is 10.5 Å². The van der Waals surface area contributed by atoms with Gasteiger partial charge in [0.2, 0.25) is 0 Å². The summed E-state index contributed by atoms with van der Waals surface area (Å²) in [7, 11) is 0. The van der Waals surface area contributed by atoms with Crippen LogP contribution in [-0.2, 0) is 4.74 Å². The van der Waals surface area contributed by atoms with Crippen molar-refractivity contribution in [2.45, 2.75) is 57.4 Å². The van der Waals surface area contributed by atoms with E-state index in [1.807, 2.05) is 0 Å². The highest BCUT2D eigenvalue weighted by Crippen LogP contribution is 2.27. The van der Waals surface area contributed by atoms with Gasteiger partial charge in [0, 0.05) is 32.2 Å². The van der Waals surface area contributed by atoms with E-state index >= 15 is 0 Å². The van der Waals surface area contributed by atoms with Gasteiger partial charge in [-0.15, -0.1) is 0 Å². The Kier molecular flexibility index (Phi) is 8.49. The van der Waals surface area contributed by atoms with Crippen LogP contribution in [0.3, 0.4) is 0 Å². The average Bonchev–Trinajstić information content (AvgIpc) is 3.12. The Bertz CT molecular complexity index is 418. The predicted molar refractivity (Wildman–Crippen MR) is 108 cm³/mol.